The zero-order valence-electron chi connectivity index (χ0n) is 7.53. The first kappa shape index (κ1) is 10.5. The maximum Gasteiger partial charge on any atom is 0.0956 e. The summed E-state index contributed by atoms with van der Waals surface area (Å²) < 4.78 is 0. The van der Waals surface area contributed by atoms with Gasteiger partial charge in [0.15, 0.2) is 0 Å². The lowest BCUT2D eigenvalue weighted by molar-refractivity contribution is 0.448. The topological polar surface area (TPSA) is 23.8 Å². The molecule has 0 aliphatic heterocycles. The summed E-state index contributed by atoms with van der Waals surface area (Å²) in [6.07, 6.45) is 0.949. The number of halogens is 1. The van der Waals surface area contributed by atoms with Gasteiger partial charge in [0.25, 0.3) is 0 Å². The van der Waals surface area contributed by atoms with Crippen LogP contribution in [0.2, 0.25) is 0 Å². The Labute approximate surface area is 73.7 Å². The van der Waals surface area contributed by atoms with Gasteiger partial charge in [0.1, 0.15) is 0 Å². The molecule has 0 aromatic carbocycles. The average Bonchev–Trinajstić information content (AvgIpc) is 2.01. The highest BCUT2D eigenvalue weighted by Crippen LogP contribution is 2.34. The molecule has 0 aromatic rings. The van der Waals surface area contributed by atoms with Crippen molar-refractivity contribution >= 4 is 11.6 Å². The van der Waals surface area contributed by atoms with Gasteiger partial charge in [0.05, 0.1) is 6.07 Å². The van der Waals surface area contributed by atoms with E-state index in [0.29, 0.717) is 10.6 Å². The molecular weight excluding hydrogens is 158 g/mol. The Morgan fingerprint density at radius 1 is 1.55 bits per heavy atom. The van der Waals surface area contributed by atoms with E-state index >= 15 is 0 Å². The number of allylic oxidation sites excluding steroid dienone is 2. The van der Waals surface area contributed by atoms with Gasteiger partial charge in [-0.25, -0.2) is 0 Å². The third-order valence-corrected chi connectivity index (χ3v) is 2.77. The fourth-order valence-corrected chi connectivity index (χ4v) is 0.888. The first-order valence-electron chi connectivity index (χ1n) is 3.72. The zero-order chi connectivity index (χ0) is 9.07. The number of nitrogens with zero attached hydrogens (tertiary/aromatic N) is 1. The second kappa shape index (κ2) is 3.78. The van der Waals surface area contributed by atoms with E-state index in [1.54, 1.807) is 6.92 Å². The molecule has 0 saturated heterocycles. The van der Waals surface area contributed by atoms with Crippen molar-refractivity contribution < 1.29 is 0 Å². The molecule has 0 radical (unpaired) electrons. The second-order valence-electron chi connectivity index (χ2n) is 3.29. The van der Waals surface area contributed by atoms with Gasteiger partial charge < -0.3 is 0 Å². The van der Waals surface area contributed by atoms with Crippen LogP contribution in [0.25, 0.3) is 0 Å². The Hall–Kier alpha value is -0.480. The van der Waals surface area contributed by atoms with E-state index in [9.17, 15) is 0 Å². The Kier molecular flexibility index (Phi) is 3.62. The van der Waals surface area contributed by atoms with E-state index in [1.165, 1.54) is 0 Å². The molecule has 0 spiro atoms. The Morgan fingerprint density at radius 3 is 2.27 bits per heavy atom. The van der Waals surface area contributed by atoms with Crippen molar-refractivity contribution in [2.24, 2.45) is 5.41 Å². The lowest BCUT2D eigenvalue weighted by Gasteiger charge is -2.22. The molecular formula is C9H14ClN. The van der Waals surface area contributed by atoms with Crippen LogP contribution in [0.1, 0.15) is 34.1 Å². The van der Waals surface area contributed by atoms with Crippen LogP contribution < -0.4 is 0 Å². The fourth-order valence-electron chi connectivity index (χ4n) is 0.712. The van der Waals surface area contributed by atoms with E-state index in [0.717, 1.165) is 6.42 Å². The molecule has 0 amide bonds. The first-order chi connectivity index (χ1) is 4.95. The highest BCUT2D eigenvalue weighted by molar-refractivity contribution is 6.30. The standard InChI is InChI=1S/C9H14ClN/c1-5-9(3,4)8(10)7(2)6-11/h5H2,1-4H3. The van der Waals surface area contributed by atoms with Gasteiger partial charge in [-0.2, -0.15) is 5.26 Å². The van der Waals surface area contributed by atoms with Crippen LogP contribution >= 0.6 is 11.6 Å². The second-order valence-corrected chi connectivity index (χ2v) is 3.67. The molecule has 0 atom stereocenters. The van der Waals surface area contributed by atoms with Gasteiger partial charge in [0.2, 0.25) is 0 Å². The summed E-state index contributed by atoms with van der Waals surface area (Å²) in [5.74, 6) is 0. The van der Waals surface area contributed by atoms with Crippen molar-refractivity contribution in [3.8, 4) is 6.07 Å². The smallest absolute Gasteiger partial charge is 0.0956 e. The molecule has 0 aromatic heterocycles. The van der Waals surface area contributed by atoms with Crippen LogP contribution in [0.3, 0.4) is 0 Å². The van der Waals surface area contributed by atoms with Crippen molar-refractivity contribution in [2.45, 2.75) is 34.1 Å². The lowest BCUT2D eigenvalue weighted by Crippen LogP contribution is -2.10. The molecule has 62 valence electrons. The quantitative estimate of drug-likeness (QED) is 0.584. The van der Waals surface area contributed by atoms with E-state index in [-0.39, 0.29) is 5.41 Å². The maximum atomic E-state index is 8.57. The first-order valence-corrected chi connectivity index (χ1v) is 4.10. The highest BCUT2D eigenvalue weighted by Gasteiger charge is 2.21. The number of nitriles is 1. The third kappa shape index (κ3) is 2.55. The molecule has 11 heavy (non-hydrogen) atoms. The minimum absolute atomic E-state index is 0.0542. The third-order valence-electron chi connectivity index (χ3n) is 1.98. The number of hydrogen-bond donors (Lipinski definition) is 0. The molecule has 0 aliphatic carbocycles. The van der Waals surface area contributed by atoms with Gasteiger partial charge in [-0.05, 0) is 13.3 Å². The van der Waals surface area contributed by atoms with Crippen LogP contribution in [0.15, 0.2) is 10.6 Å². The molecule has 2 heteroatoms. The Morgan fingerprint density at radius 2 is 2.00 bits per heavy atom. The SMILES string of the molecule is CCC(C)(C)C(Cl)=C(C)C#N. The molecule has 0 bridgehead atoms. The maximum absolute atomic E-state index is 8.57. The van der Waals surface area contributed by atoms with Gasteiger partial charge >= 0.3 is 0 Å². The summed E-state index contributed by atoms with van der Waals surface area (Å²) in [5.41, 5.74) is 0.569. The Bertz CT molecular complexity index is 208. The van der Waals surface area contributed by atoms with Gasteiger partial charge in [-0.1, -0.05) is 32.4 Å². The van der Waals surface area contributed by atoms with Crippen molar-refractivity contribution in [1.82, 2.24) is 0 Å². The monoisotopic (exact) mass is 171 g/mol. The zero-order valence-corrected chi connectivity index (χ0v) is 8.29. The Balaban J connectivity index is 4.76. The summed E-state index contributed by atoms with van der Waals surface area (Å²) in [7, 11) is 0. The van der Waals surface area contributed by atoms with Crippen LogP contribution in [0, 0.1) is 16.7 Å². The summed E-state index contributed by atoms with van der Waals surface area (Å²) in [6, 6.07) is 2.05. The molecule has 0 saturated carbocycles. The van der Waals surface area contributed by atoms with Crippen LogP contribution in [0.5, 0.6) is 0 Å². The molecule has 1 nitrogen and oxygen atoms in total. The van der Waals surface area contributed by atoms with E-state index in [2.05, 4.69) is 13.0 Å². The molecule has 0 rings (SSSR count). The predicted octanol–water partition coefficient (Wildman–Crippen LogP) is 3.46. The average molecular weight is 172 g/mol. The van der Waals surface area contributed by atoms with Gasteiger partial charge in [-0.15, -0.1) is 0 Å². The minimum Gasteiger partial charge on any atom is -0.193 e. The molecule has 0 aliphatic rings. The van der Waals surface area contributed by atoms with Crippen LogP contribution in [0.4, 0.5) is 0 Å². The van der Waals surface area contributed by atoms with Crippen LogP contribution in [-0.2, 0) is 0 Å². The molecule has 0 unspecified atom stereocenters. The van der Waals surface area contributed by atoms with Gasteiger partial charge in [-0.3, -0.25) is 0 Å². The summed E-state index contributed by atoms with van der Waals surface area (Å²) in [5, 5.41) is 9.25. The largest absolute Gasteiger partial charge is 0.193 e. The molecule has 0 fully saturated rings. The summed E-state index contributed by atoms with van der Waals surface area (Å²) in [4.78, 5) is 0. The highest BCUT2D eigenvalue weighted by atomic mass is 35.5. The van der Waals surface area contributed by atoms with E-state index < -0.39 is 0 Å². The number of rotatable bonds is 2. The normalized spacial score (nSPS) is 13.8. The van der Waals surface area contributed by atoms with Crippen molar-refractivity contribution in [1.29, 1.82) is 5.26 Å². The van der Waals surface area contributed by atoms with E-state index in [1.807, 2.05) is 13.8 Å². The summed E-state index contributed by atoms with van der Waals surface area (Å²) >= 11 is 5.98. The van der Waals surface area contributed by atoms with Crippen molar-refractivity contribution in [2.75, 3.05) is 0 Å². The fraction of sp³-hybridized carbons (Fsp3) is 0.667. The van der Waals surface area contributed by atoms with Crippen molar-refractivity contribution in [3.63, 3.8) is 0 Å². The van der Waals surface area contributed by atoms with Crippen LogP contribution in [-0.4, -0.2) is 0 Å². The molecule has 0 N–H and O–H groups in total. The number of hydrogen-bond acceptors (Lipinski definition) is 1. The minimum atomic E-state index is -0.0542. The lowest BCUT2D eigenvalue weighted by atomic mass is 9.88. The molecule has 0 heterocycles. The summed E-state index contributed by atoms with van der Waals surface area (Å²) in [6.45, 7) is 7.89. The van der Waals surface area contributed by atoms with Crippen molar-refractivity contribution in [3.05, 3.63) is 10.6 Å². The predicted molar refractivity (Wildman–Crippen MR) is 48.2 cm³/mol. The van der Waals surface area contributed by atoms with Gasteiger partial charge in [0, 0.05) is 16.0 Å². The van der Waals surface area contributed by atoms with E-state index in [4.69, 9.17) is 16.9 Å².